The molecule has 3 aromatic heterocycles. The molecule has 0 unspecified atom stereocenters. The van der Waals surface area contributed by atoms with Crippen LogP contribution in [-0.2, 0) is 13.1 Å². The molecule has 0 spiro atoms. The van der Waals surface area contributed by atoms with Crippen LogP contribution in [0.4, 0.5) is 10.1 Å². The van der Waals surface area contributed by atoms with Crippen molar-refractivity contribution in [2.45, 2.75) is 31.8 Å². The van der Waals surface area contributed by atoms with Gasteiger partial charge in [0.1, 0.15) is 20.0 Å². The standard InChI is InChI=1S/C25H23FN3OS3/c1-4-29-21(13-18-7-5-6-11-28(18)14-17-10-12-31-15-17)32-23(24(29)30)25-27(3)20-9-8-19(26)16(2)22(20)33-25/h5-13,15H,4,14H2,1-3H3/q+1/b25-23+. The Kier molecular flexibility index (Phi) is 5.99. The van der Waals surface area contributed by atoms with E-state index in [-0.39, 0.29) is 11.4 Å². The Morgan fingerprint density at radius 3 is 2.79 bits per heavy atom. The zero-order valence-electron chi connectivity index (χ0n) is 18.5. The van der Waals surface area contributed by atoms with Crippen LogP contribution in [0.25, 0.3) is 11.1 Å². The molecule has 1 aliphatic heterocycles. The molecule has 1 aliphatic rings. The van der Waals surface area contributed by atoms with Crippen LogP contribution in [0, 0.1) is 12.7 Å². The number of thiazole rings is 1. The van der Waals surface area contributed by atoms with E-state index >= 15 is 0 Å². The molecule has 0 aliphatic carbocycles. The SMILES string of the molecule is CCn1c(=O)/c(=C2\Sc3c(ccc(F)c3C)N2C)s/c1=C\c1cccc[n+]1Cc1ccsc1. The fourth-order valence-electron chi connectivity index (χ4n) is 3.96. The predicted octanol–water partition coefficient (Wildman–Crippen LogP) is 3.91. The third kappa shape index (κ3) is 3.96. The van der Waals surface area contributed by atoms with Crippen molar-refractivity contribution >= 4 is 51.2 Å². The van der Waals surface area contributed by atoms with Crippen molar-refractivity contribution in [1.82, 2.24) is 4.57 Å². The maximum atomic E-state index is 14.1. The van der Waals surface area contributed by atoms with Gasteiger partial charge in [0.25, 0.3) is 5.56 Å². The quantitative estimate of drug-likeness (QED) is 0.401. The number of halogens is 1. The lowest BCUT2D eigenvalue weighted by atomic mass is 10.2. The van der Waals surface area contributed by atoms with Crippen LogP contribution in [-0.4, -0.2) is 11.6 Å². The van der Waals surface area contributed by atoms with E-state index in [9.17, 15) is 9.18 Å². The van der Waals surface area contributed by atoms with Gasteiger partial charge in [0.2, 0.25) is 5.69 Å². The van der Waals surface area contributed by atoms with Crippen LogP contribution in [0.3, 0.4) is 0 Å². The monoisotopic (exact) mass is 496 g/mol. The second-order valence-corrected chi connectivity index (χ2v) is 10.6. The molecule has 0 saturated heterocycles. The number of pyridine rings is 1. The van der Waals surface area contributed by atoms with Crippen molar-refractivity contribution in [3.05, 3.63) is 95.5 Å². The van der Waals surface area contributed by atoms with Crippen LogP contribution < -0.4 is 24.2 Å². The maximum absolute atomic E-state index is 14.1. The van der Waals surface area contributed by atoms with Crippen molar-refractivity contribution in [3.8, 4) is 0 Å². The molecule has 0 amide bonds. The summed E-state index contributed by atoms with van der Waals surface area (Å²) in [6, 6.07) is 11.5. The van der Waals surface area contributed by atoms with Crippen LogP contribution in [0.5, 0.6) is 0 Å². The number of rotatable bonds is 4. The summed E-state index contributed by atoms with van der Waals surface area (Å²) in [6.45, 7) is 5.14. The van der Waals surface area contributed by atoms with Crippen molar-refractivity contribution in [3.63, 3.8) is 0 Å². The number of anilines is 1. The summed E-state index contributed by atoms with van der Waals surface area (Å²) < 4.78 is 19.7. The van der Waals surface area contributed by atoms with Gasteiger partial charge in [0, 0.05) is 53.2 Å². The summed E-state index contributed by atoms with van der Waals surface area (Å²) in [4.78, 5) is 16.3. The smallest absolute Gasteiger partial charge is 0.271 e. The summed E-state index contributed by atoms with van der Waals surface area (Å²) >= 11 is 4.66. The van der Waals surface area contributed by atoms with E-state index in [0.29, 0.717) is 16.6 Å². The highest BCUT2D eigenvalue weighted by molar-refractivity contribution is 8.08. The first-order valence-electron chi connectivity index (χ1n) is 10.6. The Labute approximate surface area is 203 Å². The lowest BCUT2D eigenvalue weighted by molar-refractivity contribution is -0.690. The summed E-state index contributed by atoms with van der Waals surface area (Å²) in [5.41, 5.74) is 3.85. The molecular formula is C25H23FN3OS3+. The molecule has 0 saturated carbocycles. The lowest BCUT2D eigenvalue weighted by Gasteiger charge is -2.12. The zero-order chi connectivity index (χ0) is 23.1. The van der Waals surface area contributed by atoms with Crippen molar-refractivity contribution in [1.29, 1.82) is 0 Å². The molecular weight excluding hydrogens is 473 g/mol. The van der Waals surface area contributed by atoms with Crippen molar-refractivity contribution < 1.29 is 8.96 Å². The van der Waals surface area contributed by atoms with E-state index in [1.165, 1.54) is 34.7 Å². The molecule has 0 radical (unpaired) electrons. The third-order valence-corrected chi connectivity index (χ3v) is 9.16. The number of benzene rings is 1. The fourth-order valence-corrected chi connectivity index (χ4v) is 7.17. The molecule has 0 N–H and O–H groups in total. The topological polar surface area (TPSA) is 29.1 Å². The fraction of sp³-hybridized carbons (Fsp3) is 0.200. The van der Waals surface area contributed by atoms with Gasteiger partial charge in [-0.05, 0) is 43.5 Å². The highest BCUT2D eigenvalue weighted by Gasteiger charge is 2.27. The maximum Gasteiger partial charge on any atom is 0.271 e. The number of fused-ring (bicyclic) bond motifs is 1. The first kappa shape index (κ1) is 22.1. The van der Waals surface area contributed by atoms with Gasteiger partial charge in [-0.15, -0.1) is 11.3 Å². The Balaban J connectivity index is 1.66. The van der Waals surface area contributed by atoms with Gasteiger partial charge in [-0.1, -0.05) is 11.8 Å². The largest absolute Gasteiger partial charge is 0.337 e. The highest BCUT2D eigenvalue weighted by Crippen LogP contribution is 2.47. The van der Waals surface area contributed by atoms with Gasteiger partial charge >= 0.3 is 0 Å². The minimum absolute atomic E-state index is 0.00523. The Bertz CT molecular complexity index is 1520. The van der Waals surface area contributed by atoms with Crippen molar-refractivity contribution in [2.75, 3.05) is 11.9 Å². The van der Waals surface area contributed by atoms with E-state index in [0.717, 1.165) is 32.5 Å². The molecule has 5 rings (SSSR count). The molecule has 0 fully saturated rings. The third-order valence-electron chi connectivity index (χ3n) is 5.79. The highest BCUT2D eigenvalue weighted by atomic mass is 32.2. The van der Waals surface area contributed by atoms with Gasteiger partial charge in [-0.25, -0.2) is 4.39 Å². The van der Waals surface area contributed by atoms with Crippen LogP contribution >= 0.6 is 34.4 Å². The number of nitrogens with zero attached hydrogens (tertiary/aromatic N) is 3. The predicted molar refractivity (Wildman–Crippen MR) is 136 cm³/mol. The molecule has 8 heteroatoms. The molecule has 168 valence electrons. The van der Waals surface area contributed by atoms with Gasteiger partial charge in [0.05, 0.1) is 5.69 Å². The summed E-state index contributed by atoms with van der Waals surface area (Å²) in [5, 5.41) is 5.09. The summed E-state index contributed by atoms with van der Waals surface area (Å²) in [7, 11) is 1.94. The molecule has 0 atom stereocenters. The number of hydrogen-bond acceptors (Lipinski definition) is 5. The van der Waals surface area contributed by atoms with E-state index in [4.69, 9.17) is 0 Å². The van der Waals surface area contributed by atoms with Crippen LogP contribution in [0.15, 0.2) is 63.0 Å². The molecule has 4 heterocycles. The lowest BCUT2D eigenvalue weighted by Crippen LogP contribution is -2.38. The van der Waals surface area contributed by atoms with E-state index < -0.39 is 0 Å². The molecule has 0 bridgehead atoms. The number of hydrogen-bond donors (Lipinski definition) is 0. The zero-order valence-corrected chi connectivity index (χ0v) is 21.0. The Morgan fingerprint density at radius 2 is 2.03 bits per heavy atom. The average molecular weight is 497 g/mol. The normalized spacial score (nSPS) is 15.4. The average Bonchev–Trinajstić information content (AvgIpc) is 3.51. The Hall–Kier alpha value is -2.68. The minimum Gasteiger partial charge on any atom is -0.337 e. The molecule has 4 aromatic rings. The van der Waals surface area contributed by atoms with Gasteiger partial charge in [-0.2, -0.15) is 15.9 Å². The summed E-state index contributed by atoms with van der Waals surface area (Å²) in [5.74, 6) is -0.221. The molecule has 1 aromatic carbocycles. The second-order valence-electron chi connectivity index (χ2n) is 7.84. The number of aromatic nitrogens is 2. The number of thioether (sulfide) groups is 1. The van der Waals surface area contributed by atoms with E-state index in [1.807, 2.05) is 35.6 Å². The summed E-state index contributed by atoms with van der Waals surface area (Å²) in [6.07, 6.45) is 4.15. The minimum atomic E-state index is -0.221. The van der Waals surface area contributed by atoms with Gasteiger partial charge in [-0.3, -0.25) is 9.36 Å². The first-order valence-corrected chi connectivity index (χ1v) is 13.2. The first-order chi connectivity index (χ1) is 16.0. The van der Waals surface area contributed by atoms with Crippen LogP contribution in [0.2, 0.25) is 0 Å². The number of thiophene rings is 1. The van der Waals surface area contributed by atoms with Gasteiger partial charge in [0.15, 0.2) is 12.7 Å². The molecule has 33 heavy (non-hydrogen) atoms. The van der Waals surface area contributed by atoms with Gasteiger partial charge < -0.3 is 4.90 Å². The molecule has 4 nitrogen and oxygen atoms in total. The van der Waals surface area contributed by atoms with E-state index in [1.54, 1.807) is 24.3 Å². The van der Waals surface area contributed by atoms with E-state index in [2.05, 4.69) is 39.7 Å². The Morgan fingerprint density at radius 1 is 1.18 bits per heavy atom. The van der Waals surface area contributed by atoms with Crippen molar-refractivity contribution in [2.24, 2.45) is 0 Å². The second kappa shape index (κ2) is 8.93. The van der Waals surface area contributed by atoms with Crippen LogP contribution in [0.1, 0.15) is 23.7 Å².